The molecule has 0 saturated carbocycles. The third-order valence-corrected chi connectivity index (χ3v) is 3.66. The molecular formula is C16H28N2. The van der Waals surface area contributed by atoms with Gasteiger partial charge in [-0.1, -0.05) is 32.0 Å². The Morgan fingerprint density at radius 3 is 2.44 bits per heavy atom. The number of hydrogen-bond donors (Lipinski definition) is 2. The fraction of sp³-hybridized carbons (Fsp3) is 0.625. The molecule has 2 heteroatoms. The van der Waals surface area contributed by atoms with Crippen molar-refractivity contribution in [3.63, 3.8) is 0 Å². The van der Waals surface area contributed by atoms with Crippen molar-refractivity contribution in [1.82, 2.24) is 5.32 Å². The Hall–Kier alpha value is -0.860. The first-order valence-electron chi connectivity index (χ1n) is 6.96. The molecule has 1 aromatic rings. The van der Waals surface area contributed by atoms with Crippen molar-refractivity contribution in [3.05, 3.63) is 34.9 Å². The third kappa shape index (κ3) is 4.43. The van der Waals surface area contributed by atoms with Gasteiger partial charge in [-0.25, -0.2) is 0 Å². The first-order chi connectivity index (χ1) is 8.47. The van der Waals surface area contributed by atoms with Crippen LogP contribution in [-0.2, 0) is 5.41 Å². The van der Waals surface area contributed by atoms with Gasteiger partial charge in [-0.3, -0.25) is 0 Å². The molecule has 1 aromatic carbocycles. The molecule has 0 saturated heterocycles. The van der Waals surface area contributed by atoms with Gasteiger partial charge >= 0.3 is 0 Å². The molecule has 18 heavy (non-hydrogen) atoms. The van der Waals surface area contributed by atoms with Gasteiger partial charge in [0.05, 0.1) is 0 Å². The van der Waals surface area contributed by atoms with E-state index in [1.807, 2.05) is 0 Å². The molecule has 0 bridgehead atoms. The molecule has 0 heterocycles. The zero-order valence-corrected chi connectivity index (χ0v) is 12.3. The number of rotatable bonds is 7. The van der Waals surface area contributed by atoms with Crippen LogP contribution in [0.5, 0.6) is 0 Å². The van der Waals surface area contributed by atoms with Gasteiger partial charge in [0.15, 0.2) is 0 Å². The second-order valence-electron chi connectivity index (χ2n) is 5.86. The molecule has 0 spiro atoms. The van der Waals surface area contributed by atoms with Gasteiger partial charge in [0, 0.05) is 12.0 Å². The highest BCUT2D eigenvalue weighted by atomic mass is 14.9. The number of unbranched alkanes of at least 4 members (excludes halogenated alkanes) is 1. The van der Waals surface area contributed by atoms with Crippen LogP contribution in [0.2, 0.25) is 0 Å². The smallest absolute Gasteiger partial charge is 0.00431 e. The molecule has 0 atom stereocenters. The maximum atomic E-state index is 5.49. The summed E-state index contributed by atoms with van der Waals surface area (Å²) in [5.41, 5.74) is 9.83. The molecule has 0 aromatic heterocycles. The fourth-order valence-corrected chi connectivity index (χ4v) is 2.06. The lowest BCUT2D eigenvalue weighted by Crippen LogP contribution is -2.33. The first-order valence-corrected chi connectivity index (χ1v) is 6.96. The molecule has 0 fully saturated rings. The van der Waals surface area contributed by atoms with Crippen molar-refractivity contribution in [3.8, 4) is 0 Å². The molecule has 1 rings (SSSR count). The van der Waals surface area contributed by atoms with Crippen LogP contribution in [0.4, 0.5) is 0 Å². The summed E-state index contributed by atoms with van der Waals surface area (Å²) in [6.45, 7) is 11.8. The number of hydrogen-bond acceptors (Lipinski definition) is 2. The number of benzene rings is 1. The Labute approximate surface area is 112 Å². The molecule has 0 radical (unpaired) electrons. The summed E-state index contributed by atoms with van der Waals surface area (Å²) >= 11 is 0. The summed E-state index contributed by atoms with van der Waals surface area (Å²) < 4.78 is 0. The topological polar surface area (TPSA) is 38.0 Å². The van der Waals surface area contributed by atoms with E-state index in [1.165, 1.54) is 23.1 Å². The minimum Gasteiger partial charge on any atom is -0.330 e. The van der Waals surface area contributed by atoms with E-state index in [0.29, 0.717) is 0 Å². The second-order valence-corrected chi connectivity index (χ2v) is 5.86. The van der Waals surface area contributed by atoms with E-state index >= 15 is 0 Å². The summed E-state index contributed by atoms with van der Waals surface area (Å²) in [4.78, 5) is 0. The van der Waals surface area contributed by atoms with Crippen molar-refractivity contribution in [2.24, 2.45) is 5.73 Å². The van der Waals surface area contributed by atoms with Crippen LogP contribution < -0.4 is 11.1 Å². The normalized spacial score (nSPS) is 11.8. The standard InChI is InChI=1S/C16H28N2/c1-13-7-8-15(11-14(13)2)16(3,4)12-18-10-6-5-9-17/h7-8,11,18H,5-6,9-10,12,17H2,1-4H3. The zero-order valence-electron chi connectivity index (χ0n) is 12.3. The van der Waals surface area contributed by atoms with Crippen LogP contribution in [0.1, 0.15) is 43.4 Å². The monoisotopic (exact) mass is 248 g/mol. The quantitative estimate of drug-likeness (QED) is 0.728. The van der Waals surface area contributed by atoms with E-state index in [1.54, 1.807) is 0 Å². The maximum absolute atomic E-state index is 5.49. The predicted octanol–water partition coefficient (Wildman–Crippen LogP) is 2.91. The highest BCUT2D eigenvalue weighted by molar-refractivity contribution is 5.34. The van der Waals surface area contributed by atoms with Crippen LogP contribution in [0, 0.1) is 13.8 Å². The van der Waals surface area contributed by atoms with Gasteiger partial charge in [0.25, 0.3) is 0 Å². The Balaban J connectivity index is 2.54. The zero-order chi connectivity index (χ0) is 13.6. The van der Waals surface area contributed by atoms with Crippen molar-refractivity contribution in [2.45, 2.75) is 46.0 Å². The third-order valence-electron chi connectivity index (χ3n) is 3.66. The van der Waals surface area contributed by atoms with E-state index < -0.39 is 0 Å². The summed E-state index contributed by atoms with van der Waals surface area (Å²) in [5.74, 6) is 0. The number of aryl methyl sites for hydroxylation is 2. The molecule has 0 aliphatic heterocycles. The lowest BCUT2D eigenvalue weighted by atomic mass is 9.83. The summed E-state index contributed by atoms with van der Waals surface area (Å²) in [6, 6.07) is 6.79. The SMILES string of the molecule is Cc1ccc(C(C)(C)CNCCCCN)cc1C. The Kier molecular flexibility index (Phi) is 5.83. The van der Waals surface area contributed by atoms with Gasteiger partial charge < -0.3 is 11.1 Å². The first kappa shape index (κ1) is 15.2. The van der Waals surface area contributed by atoms with Gasteiger partial charge in [-0.2, -0.15) is 0 Å². The highest BCUT2D eigenvalue weighted by Gasteiger charge is 2.20. The fourth-order valence-electron chi connectivity index (χ4n) is 2.06. The predicted molar refractivity (Wildman–Crippen MR) is 80.1 cm³/mol. The maximum Gasteiger partial charge on any atom is 0.00431 e. The van der Waals surface area contributed by atoms with Gasteiger partial charge in [-0.15, -0.1) is 0 Å². The molecule has 0 aliphatic carbocycles. The van der Waals surface area contributed by atoms with Crippen LogP contribution >= 0.6 is 0 Å². The van der Waals surface area contributed by atoms with Crippen LogP contribution in [0.25, 0.3) is 0 Å². The van der Waals surface area contributed by atoms with E-state index in [4.69, 9.17) is 5.73 Å². The van der Waals surface area contributed by atoms with E-state index in [-0.39, 0.29) is 5.41 Å². The Morgan fingerprint density at radius 2 is 1.83 bits per heavy atom. The van der Waals surface area contributed by atoms with Gasteiger partial charge in [0.1, 0.15) is 0 Å². The van der Waals surface area contributed by atoms with E-state index in [0.717, 1.165) is 26.1 Å². The van der Waals surface area contributed by atoms with E-state index in [9.17, 15) is 0 Å². The van der Waals surface area contributed by atoms with Crippen LogP contribution in [-0.4, -0.2) is 19.6 Å². The van der Waals surface area contributed by atoms with Crippen LogP contribution in [0.15, 0.2) is 18.2 Å². The summed E-state index contributed by atoms with van der Waals surface area (Å²) in [5, 5.41) is 3.54. The number of nitrogens with one attached hydrogen (secondary N) is 1. The second kappa shape index (κ2) is 6.91. The molecular weight excluding hydrogens is 220 g/mol. The lowest BCUT2D eigenvalue weighted by molar-refractivity contribution is 0.463. The minimum atomic E-state index is 0.182. The molecule has 2 nitrogen and oxygen atoms in total. The van der Waals surface area contributed by atoms with Crippen molar-refractivity contribution < 1.29 is 0 Å². The lowest BCUT2D eigenvalue weighted by Gasteiger charge is -2.26. The van der Waals surface area contributed by atoms with Gasteiger partial charge in [-0.05, 0) is 56.5 Å². The molecule has 0 unspecified atom stereocenters. The Bertz CT molecular complexity index is 369. The average molecular weight is 248 g/mol. The van der Waals surface area contributed by atoms with Gasteiger partial charge in [0.2, 0.25) is 0 Å². The Morgan fingerprint density at radius 1 is 1.11 bits per heavy atom. The molecule has 3 N–H and O–H groups in total. The van der Waals surface area contributed by atoms with Crippen molar-refractivity contribution in [2.75, 3.05) is 19.6 Å². The molecule has 0 amide bonds. The molecule has 102 valence electrons. The van der Waals surface area contributed by atoms with E-state index in [2.05, 4.69) is 51.2 Å². The number of nitrogens with two attached hydrogens (primary N) is 1. The average Bonchev–Trinajstić information content (AvgIpc) is 2.32. The minimum absolute atomic E-state index is 0.182. The van der Waals surface area contributed by atoms with Crippen molar-refractivity contribution >= 4 is 0 Å². The van der Waals surface area contributed by atoms with Crippen LogP contribution in [0.3, 0.4) is 0 Å². The molecule has 0 aliphatic rings. The largest absolute Gasteiger partial charge is 0.330 e. The summed E-state index contributed by atoms with van der Waals surface area (Å²) in [7, 11) is 0. The van der Waals surface area contributed by atoms with Crippen molar-refractivity contribution in [1.29, 1.82) is 0 Å². The summed E-state index contributed by atoms with van der Waals surface area (Å²) in [6.07, 6.45) is 2.27. The highest BCUT2D eigenvalue weighted by Crippen LogP contribution is 2.24.